The number of carbonyl (C=O) groups excluding carboxylic acids is 1. The van der Waals surface area contributed by atoms with Crippen LogP contribution in [0.4, 0.5) is 4.39 Å². The number of aryl methyl sites for hydroxylation is 1. The molecule has 3 heteroatoms. The van der Waals surface area contributed by atoms with Crippen LogP contribution in [0.5, 0.6) is 0 Å². The van der Waals surface area contributed by atoms with Gasteiger partial charge in [-0.1, -0.05) is 19.9 Å². The summed E-state index contributed by atoms with van der Waals surface area (Å²) in [6.07, 6.45) is 2.03. The van der Waals surface area contributed by atoms with Crippen LogP contribution >= 0.6 is 15.9 Å². The van der Waals surface area contributed by atoms with Crippen LogP contribution in [0.1, 0.15) is 37.3 Å². The molecule has 1 rings (SSSR count). The standard InChI is InChI=1S/C12H14BrFO/c1-8(2)10-6-9(4-3-5-15)7-11(13)12(10)14/h5-8H,3-4H2,1-2H3. The molecule has 0 N–H and O–H groups in total. The van der Waals surface area contributed by atoms with E-state index >= 15 is 0 Å². The molecular formula is C12H14BrFO. The van der Waals surface area contributed by atoms with Crippen LogP contribution in [0.25, 0.3) is 0 Å². The first kappa shape index (κ1) is 12.4. The van der Waals surface area contributed by atoms with Crippen molar-refractivity contribution < 1.29 is 9.18 Å². The molecule has 0 aromatic heterocycles. The van der Waals surface area contributed by atoms with Crippen LogP contribution in [-0.2, 0) is 11.2 Å². The molecule has 0 amide bonds. The molecule has 0 spiro atoms. The molecule has 0 fully saturated rings. The Bertz CT molecular complexity index is 361. The zero-order valence-electron chi connectivity index (χ0n) is 8.89. The van der Waals surface area contributed by atoms with Gasteiger partial charge in [-0.15, -0.1) is 0 Å². The summed E-state index contributed by atoms with van der Waals surface area (Å²) in [5.41, 5.74) is 1.70. The SMILES string of the molecule is CC(C)c1cc(CCC=O)cc(Br)c1F. The van der Waals surface area contributed by atoms with Crippen LogP contribution in [0.15, 0.2) is 16.6 Å². The summed E-state index contributed by atoms with van der Waals surface area (Å²) in [7, 11) is 0. The second-order valence-electron chi connectivity index (χ2n) is 3.84. The first-order valence-electron chi connectivity index (χ1n) is 4.97. The number of aldehydes is 1. The van der Waals surface area contributed by atoms with E-state index < -0.39 is 0 Å². The van der Waals surface area contributed by atoms with Crippen LogP contribution in [0.3, 0.4) is 0 Å². The number of rotatable bonds is 4. The maximum Gasteiger partial charge on any atom is 0.140 e. The average Bonchev–Trinajstić information content (AvgIpc) is 2.19. The predicted octanol–water partition coefficient (Wildman–Crippen LogP) is 3.84. The van der Waals surface area contributed by atoms with Crippen molar-refractivity contribution in [2.24, 2.45) is 0 Å². The first-order chi connectivity index (χ1) is 7.06. The third-order valence-electron chi connectivity index (χ3n) is 2.29. The van der Waals surface area contributed by atoms with Crippen molar-refractivity contribution in [1.82, 2.24) is 0 Å². The Balaban J connectivity index is 3.05. The van der Waals surface area contributed by atoms with Gasteiger partial charge in [-0.2, -0.15) is 0 Å². The molecule has 0 saturated carbocycles. The van der Waals surface area contributed by atoms with Gasteiger partial charge in [-0.05, 0) is 45.5 Å². The zero-order valence-corrected chi connectivity index (χ0v) is 10.5. The van der Waals surface area contributed by atoms with E-state index in [0.717, 1.165) is 11.8 Å². The van der Waals surface area contributed by atoms with E-state index in [1.807, 2.05) is 19.9 Å². The Morgan fingerprint density at radius 1 is 1.47 bits per heavy atom. The van der Waals surface area contributed by atoms with E-state index in [-0.39, 0.29) is 11.7 Å². The molecule has 0 aliphatic heterocycles. The van der Waals surface area contributed by atoms with Crippen LogP contribution in [0.2, 0.25) is 0 Å². The second-order valence-corrected chi connectivity index (χ2v) is 4.70. The molecule has 1 aromatic rings. The Morgan fingerprint density at radius 2 is 2.13 bits per heavy atom. The van der Waals surface area contributed by atoms with Crippen molar-refractivity contribution in [2.45, 2.75) is 32.6 Å². The first-order valence-corrected chi connectivity index (χ1v) is 5.77. The van der Waals surface area contributed by atoms with Gasteiger partial charge in [0.2, 0.25) is 0 Å². The molecule has 1 aromatic carbocycles. The molecule has 0 aliphatic rings. The monoisotopic (exact) mass is 272 g/mol. The van der Waals surface area contributed by atoms with Crippen molar-refractivity contribution in [1.29, 1.82) is 0 Å². The van der Waals surface area contributed by atoms with Gasteiger partial charge in [0.1, 0.15) is 12.1 Å². The number of hydrogen-bond acceptors (Lipinski definition) is 1. The van der Waals surface area contributed by atoms with Gasteiger partial charge in [0, 0.05) is 6.42 Å². The number of hydrogen-bond donors (Lipinski definition) is 0. The highest BCUT2D eigenvalue weighted by molar-refractivity contribution is 9.10. The van der Waals surface area contributed by atoms with Crippen molar-refractivity contribution in [3.8, 4) is 0 Å². The summed E-state index contributed by atoms with van der Waals surface area (Å²) in [4.78, 5) is 10.3. The maximum absolute atomic E-state index is 13.6. The number of halogens is 2. The summed E-state index contributed by atoms with van der Waals surface area (Å²) in [6, 6.07) is 3.58. The Hall–Kier alpha value is -0.700. The number of benzene rings is 1. The zero-order chi connectivity index (χ0) is 11.4. The third-order valence-corrected chi connectivity index (χ3v) is 2.87. The van der Waals surface area contributed by atoms with E-state index in [9.17, 15) is 9.18 Å². The van der Waals surface area contributed by atoms with Gasteiger partial charge in [0.25, 0.3) is 0 Å². The van der Waals surface area contributed by atoms with Gasteiger partial charge in [-0.25, -0.2) is 4.39 Å². The largest absolute Gasteiger partial charge is 0.303 e. The molecule has 0 atom stereocenters. The maximum atomic E-state index is 13.6. The van der Waals surface area contributed by atoms with Crippen LogP contribution in [-0.4, -0.2) is 6.29 Å². The minimum atomic E-state index is -0.195. The minimum Gasteiger partial charge on any atom is -0.303 e. The fraction of sp³-hybridized carbons (Fsp3) is 0.417. The second kappa shape index (κ2) is 5.40. The summed E-state index contributed by atoms with van der Waals surface area (Å²) in [6.45, 7) is 3.91. The van der Waals surface area contributed by atoms with E-state index in [0.29, 0.717) is 22.9 Å². The third kappa shape index (κ3) is 3.13. The van der Waals surface area contributed by atoms with Crippen LogP contribution < -0.4 is 0 Å². The molecule has 15 heavy (non-hydrogen) atoms. The van der Waals surface area contributed by atoms with E-state index in [1.165, 1.54) is 0 Å². The molecule has 0 heterocycles. The summed E-state index contributed by atoms with van der Waals surface area (Å²) in [5.74, 6) is -0.0441. The molecule has 0 unspecified atom stereocenters. The topological polar surface area (TPSA) is 17.1 Å². The molecule has 0 radical (unpaired) electrons. The quantitative estimate of drug-likeness (QED) is 0.762. The lowest BCUT2D eigenvalue weighted by atomic mass is 9.98. The molecule has 0 aliphatic carbocycles. The lowest BCUT2D eigenvalue weighted by molar-refractivity contribution is -0.107. The Labute approximate surface area is 97.8 Å². The van der Waals surface area contributed by atoms with Gasteiger partial charge in [0.05, 0.1) is 4.47 Å². The van der Waals surface area contributed by atoms with Crippen LogP contribution in [0, 0.1) is 5.82 Å². The fourth-order valence-electron chi connectivity index (χ4n) is 1.46. The van der Waals surface area contributed by atoms with E-state index in [1.54, 1.807) is 6.07 Å². The molecule has 82 valence electrons. The summed E-state index contributed by atoms with van der Waals surface area (Å²) in [5, 5.41) is 0. The smallest absolute Gasteiger partial charge is 0.140 e. The van der Waals surface area contributed by atoms with Crippen molar-refractivity contribution >= 4 is 22.2 Å². The summed E-state index contributed by atoms with van der Waals surface area (Å²) >= 11 is 3.19. The summed E-state index contributed by atoms with van der Waals surface area (Å²) < 4.78 is 14.1. The highest BCUT2D eigenvalue weighted by atomic mass is 79.9. The van der Waals surface area contributed by atoms with Gasteiger partial charge >= 0.3 is 0 Å². The van der Waals surface area contributed by atoms with Gasteiger partial charge < -0.3 is 4.79 Å². The Kier molecular flexibility index (Phi) is 4.45. The lowest BCUT2D eigenvalue weighted by Crippen LogP contribution is -1.97. The van der Waals surface area contributed by atoms with Gasteiger partial charge in [0.15, 0.2) is 0 Å². The van der Waals surface area contributed by atoms with Crippen molar-refractivity contribution in [2.75, 3.05) is 0 Å². The molecule has 0 bridgehead atoms. The van der Waals surface area contributed by atoms with Crippen molar-refractivity contribution in [3.05, 3.63) is 33.5 Å². The molecule has 1 nitrogen and oxygen atoms in total. The highest BCUT2D eigenvalue weighted by Gasteiger charge is 2.11. The Morgan fingerprint density at radius 3 is 2.67 bits per heavy atom. The van der Waals surface area contributed by atoms with Crippen molar-refractivity contribution in [3.63, 3.8) is 0 Å². The highest BCUT2D eigenvalue weighted by Crippen LogP contribution is 2.27. The molecular weight excluding hydrogens is 259 g/mol. The van der Waals surface area contributed by atoms with E-state index in [2.05, 4.69) is 15.9 Å². The minimum absolute atomic E-state index is 0.150. The normalized spacial score (nSPS) is 10.7. The number of carbonyl (C=O) groups is 1. The van der Waals surface area contributed by atoms with E-state index in [4.69, 9.17) is 0 Å². The predicted molar refractivity (Wildman–Crippen MR) is 62.6 cm³/mol. The molecule has 0 saturated heterocycles. The van der Waals surface area contributed by atoms with Gasteiger partial charge in [-0.3, -0.25) is 0 Å². The fourth-order valence-corrected chi connectivity index (χ4v) is 1.98. The lowest BCUT2D eigenvalue weighted by Gasteiger charge is -2.11. The average molecular weight is 273 g/mol.